The second-order valence-corrected chi connectivity index (χ2v) is 9.31. The van der Waals surface area contributed by atoms with Gasteiger partial charge >= 0.3 is 12.3 Å². The molecule has 1 saturated heterocycles. The van der Waals surface area contributed by atoms with Crippen molar-refractivity contribution >= 4 is 27.2 Å². The molecule has 188 valence electrons. The number of aromatic nitrogens is 1. The van der Waals surface area contributed by atoms with Gasteiger partial charge < -0.3 is 14.4 Å². The molecule has 2 heterocycles. The van der Waals surface area contributed by atoms with Gasteiger partial charge in [-0.25, -0.2) is 4.98 Å². The Morgan fingerprint density at radius 3 is 2.33 bits per heavy atom. The molecule has 0 aliphatic carbocycles. The number of anilines is 1. The van der Waals surface area contributed by atoms with E-state index in [-0.39, 0.29) is 11.9 Å². The highest BCUT2D eigenvalue weighted by Gasteiger charge is 2.61. The van der Waals surface area contributed by atoms with Gasteiger partial charge in [0.2, 0.25) is 0 Å². The van der Waals surface area contributed by atoms with Crippen LogP contribution in [-0.2, 0) is 0 Å². The molecular weight excluding hydrogens is 499 g/mol. The molecule has 1 aliphatic rings. The number of ether oxygens (including phenoxy) is 2. The third-order valence-corrected chi connectivity index (χ3v) is 6.83. The van der Waals surface area contributed by atoms with Crippen LogP contribution in [0.3, 0.4) is 0 Å². The summed E-state index contributed by atoms with van der Waals surface area (Å²) in [6, 6.07) is 19.4. The fourth-order valence-electron chi connectivity index (χ4n) is 4.23. The summed E-state index contributed by atoms with van der Waals surface area (Å²) in [7, 11) is 0. The lowest BCUT2D eigenvalue weighted by atomic mass is 10.0. The third kappa shape index (κ3) is 4.95. The summed E-state index contributed by atoms with van der Waals surface area (Å²) >= 11 is 1.59. The van der Waals surface area contributed by atoms with Crippen molar-refractivity contribution in [3.63, 3.8) is 0 Å². The summed E-state index contributed by atoms with van der Waals surface area (Å²) in [5.74, 6) is -0.788. The van der Waals surface area contributed by atoms with Crippen LogP contribution in [0.15, 0.2) is 72.2 Å². The molecule has 5 rings (SSSR count). The number of piperidine rings is 1. The van der Waals surface area contributed by atoms with E-state index in [0.717, 1.165) is 33.1 Å². The molecule has 0 N–H and O–H groups in total. The lowest BCUT2D eigenvalue weighted by Gasteiger charge is -2.34. The highest BCUT2D eigenvalue weighted by molar-refractivity contribution is 7.16. The molecule has 10 heteroatoms. The predicted octanol–water partition coefficient (Wildman–Crippen LogP) is 7.55. The van der Waals surface area contributed by atoms with E-state index in [1.807, 2.05) is 41.9 Å². The summed E-state index contributed by atoms with van der Waals surface area (Å²) in [4.78, 5) is 6.70. The largest absolute Gasteiger partial charge is 0.499 e. The molecule has 4 nitrogen and oxygen atoms in total. The lowest BCUT2D eigenvalue weighted by Crippen LogP contribution is -2.42. The first-order valence-electron chi connectivity index (χ1n) is 11.3. The first-order valence-corrected chi connectivity index (χ1v) is 12.2. The van der Waals surface area contributed by atoms with E-state index in [2.05, 4.69) is 20.7 Å². The van der Waals surface area contributed by atoms with Gasteiger partial charge in [0.1, 0.15) is 6.10 Å². The van der Waals surface area contributed by atoms with Crippen molar-refractivity contribution < 1.29 is 31.4 Å². The quantitative estimate of drug-likeness (QED) is 0.246. The van der Waals surface area contributed by atoms with Crippen molar-refractivity contribution in [2.45, 2.75) is 31.2 Å². The molecular formula is C26H21F5N2O2S. The maximum atomic E-state index is 13.4. The van der Waals surface area contributed by atoms with Gasteiger partial charge in [0.15, 0.2) is 11.5 Å². The van der Waals surface area contributed by atoms with Crippen molar-refractivity contribution in [1.29, 1.82) is 0 Å². The summed E-state index contributed by atoms with van der Waals surface area (Å²) in [5, 5.41) is 0. The zero-order chi connectivity index (χ0) is 25.3. The highest BCUT2D eigenvalue weighted by Crippen LogP contribution is 2.41. The van der Waals surface area contributed by atoms with Crippen molar-refractivity contribution in [1.82, 2.24) is 4.98 Å². The fraction of sp³-hybridized carbons (Fsp3) is 0.269. The molecule has 0 unspecified atom stereocenters. The number of hydrogen-bond acceptors (Lipinski definition) is 5. The van der Waals surface area contributed by atoms with Crippen molar-refractivity contribution in [2.24, 2.45) is 0 Å². The van der Waals surface area contributed by atoms with Crippen molar-refractivity contribution in [3.8, 4) is 22.6 Å². The van der Waals surface area contributed by atoms with Crippen LogP contribution >= 0.6 is 11.3 Å². The van der Waals surface area contributed by atoms with Gasteiger partial charge in [-0.3, -0.25) is 0 Å². The van der Waals surface area contributed by atoms with E-state index in [1.54, 1.807) is 11.3 Å². The maximum Gasteiger partial charge on any atom is 0.499 e. The van der Waals surface area contributed by atoms with Gasteiger partial charge in [-0.1, -0.05) is 36.4 Å². The summed E-state index contributed by atoms with van der Waals surface area (Å²) < 4.78 is 75.5. The standard InChI is InChI=1S/C26H21F5N2O2S/c27-25(28,29)26(30,31)35-22-9-2-1-8-21(22)34-19-11-13-33(14-12-19)18-6-3-5-17(15-18)20-7-4-10-23-24(20)32-16-36-23/h1-10,15-16,19H,11-14H2. The number of halogens is 5. The van der Waals surface area contributed by atoms with Crippen molar-refractivity contribution in [2.75, 3.05) is 18.0 Å². The molecule has 1 fully saturated rings. The summed E-state index contributed by atoms with van der Waals surface area (Å²) in [6.07, 6.45) is -10.4. The molecule has 0 radical (unpaired) electrons. The number of fused-ring (bicyclic) bond motifs is 1. The van der Waals surface area contributed by atoms with Crippen LogP contribution in [-0.4, -0.2) is 36.5 Å². The van der Waals surface area contributed by atoms with E-state index in [1.165, 1.54) is 18.2 Å². The Kier molecular flexibility index (Phi) is 6.46. The number of alkyl halides is 5. The summed E-state index contributed by atoms with van der Waals surface area (Å²) in [5.41, 5.74) is 5.94. The topological polar surface area (TPSA) is 34.6 Å². The zero-order valence-electron chi connectivity index (χ0n) is 18.8. The predicted molar refractivity (Wildman–Crippen MR) is 129 cm³/mol. The molecule has 1 aliphatic heterocycles. The van der Waals surface area contributed by atoms with E-state index in [9.17, 15) is 22.0 Å². The van der Waals surface area contributed by atoms with Crippen LogP contribution in [0.1, 0.15) is 12.8 Å². The van der Waals surface area contributed by atoms with Crippen LogP contribution in [0.5, 0.6) is 11.5 Å². The van der Waals surface area contributed by atoms with Gasteiger partial charge in [0.25, 0.3) is 0 Å². The lowest BCUT2D eigenvalue weighted by molar-refractivity contribution is -0.360. The summed E-state index contributed by atoms with van der Waals surface area (Å²) in [6.45, 7) is 1.27. The minimum atomic E-state index is -5.83. The van der Waals surface area contributed by atoms with Gasteiger partial charge in [0, 0.05) is 37.2 Å². The molecule has 0 amide bonds. The Bertz CT molecular complexity index is 1350. The third-order valence-electron chi connectivity index (χ3n) is 6.04. The van der Waals surface area contributed by atoms with E-state index < -0.39 is 18.0 Å². The van der Waals surface area contributed by atoms with Crippen molar-refractivity contribution in [3.05, 3.63) is 72.2 Å². The highest BCUT2D eigenvalue weighted by atomic mass is 32.1. The minimum absolute atomic E-state index is 0.141. The van der Waals surface area contributed by atoms with Gasteiger partial charge in [-0.2, -0.15) is 22.0 Å². The zero-order valence-corrected chi connectivity index (χ0v) is 19.7. The van der Waals surface area contributed by atoms with Crippen LogP contribution in [0, 0.1) is 0 Å². The van der Waals surface area contributed by atoms with Gasteiger partial charge in [-0.05, 0) is 35.9 Å². The smallest absolute Gasteiger partial charge is 0.486 e. The van der Waals surface area contributed by atoms with E-state index in [0.29, 0.717) is 25.9 Å². The second-order valence-electron chi connectivity index (χ2n) is 8.42. The Morgan fingerprint density at radius 2 is 1.58 bits per heavy atom. The molecule has 3 aromatic carbocycles. The molecule has 0 saturated carbocycles. The van der Waals surface area contributed by atoms with Gasteiger partial charge in [-0.15, -0.1) is 11.3 Å². The molecule has 0 atom stereocenters. The molecule has 4 aromatic rings. The monoisotopic (exact) mass is 520 g/mol. The number of hydrogen-bond donors (Lipinski definition) is 0. The van der Waals surface area contributed by atoms with Gasteiger partial charge in [0.05, 0.1) is 15.7 Å². The Morgan fingerprint density at radius 1 is 0.861 bits per heavy atom. The van der Waals surface area contributed by atoms with Crippen LogP contribution in [0.2, 0.25) is 0 Å². The number of benzene rings is 3. The second kappa shape index (κ2) is 9.57. The van der Waals surface area contributed by atoms with Crippen LogP contribution in [0.25, 0.3) is 21.3 Å². The average molecular weight is 521 g/mol. The number of thiazole rings is 1. The van der Waals surface area contributed by atoms with Crippen LogP contribution in [0.4, 0.5) is 27.6 Å². The molecule has 1 aromatic heterocycles. The average Bonchev–Trinajstić information content (AvgIpc) is 3.34. The normalized spacial score (nSPS) is 15.3. The number of rotatable bonds is 6. The SMILES string of the molecule is FC(F)(F)C(F)(F)Oc1ccccc1OC1CCN(c2cccc(-c3cccc4scnc34)c2)CC1. The number of nitrogens with zero attached hydrogens (tertiary/aromatic N) is 2. The first kappa shape index (κ1) is 24.3. The fourth-order valence-corrected chi connectivity index (χ4v) is 4.93. The van der Waals surface area contributed by atoms with E-state index >= 15 is 0 Å². The first-order chi connectivity index (χ1) is 17.2. The van der Waals surface area contributed by atoms with Crippen LogP contribution < -0.4 is 14.4 Å². The number of para-hydroxylation sites is 3. The Balaban J connectivity index is 1.26. The molecule has 36 heavy (non-hydrogen) atoms. The minimum Gasteiger partial charge on any atom is -0.486 e. The Labute approximate surface area is 207 Å². The molecule has 0 spiro atoms. The van der Waals surface area contributed by atoms with E-state index in [4.69, 9.17) is 4.74 Å². The maximum absolute atomic E-state index is 13.4. The molecule has 0 bridgehead atoms. The Hall–Kier alpha value is -3.40.